The van der Waals surface area contributed by atoms with Crippen LogP contribution in [0, 0.1) is 5.92 Å². The molecule has 0 radical (unpaired) electrons. The van der Waals surface area contributed by atoms with Crippen molar-refractivity contribution in [1.29, 1.82) is 0 Å². The summed E-state index contributed by atoms with van der Waals surface area (Å²) in [6.45, 7) is 4.18. The molecule has 1 aromatic heterocycles. The first-order valence-electron chi connectivity index (χ1n) is 11.7. The smallest absolute Gasteiger partial charge is 0.246 e. The van der Waals surface area contributed by atoms with Gasteiger partial charge >= 0.3 is 0 Å². The third-order valence-electron chi connectivity index (χ3n) is 5.84. The Morgan fingerprint density at radius 1 is 1.10 bits per heavy atom. The molecule has 1 aliphatic heterocycles. The molecule has 0 aliphatic carbocycles. The fourth-order valence-electron chi connectivity index (χ4n) is 3.91. The van der Waals surface area contributed by atoms with Crippen molar-refractivity contribution < 1.29 is 9.32 Å². The van der Waals surface area contributed by atoms with Gasteiger partial charge in [-0.3, -0.25) is 4.79 Å². The highest BCUT2D eigenvalue weighted by Crippen LogP contribution is 2.18. The lowest BCUT2D eigenvalue weighted by Gasteiger charge is -2.07. The van der Waals surface area contributed by atoms with Crippen LogP contribution < -0.4 is 10.6 Å². The first kappa shape index (κ1) is 22.5. The van der Waals surface area contributed by atoms with Gasteiger partial charge in [0.25, 0.3) is 0 Å². The normalized spacial score (nSPS) is 16.1. The summed E-state index contributed by atoms with van der Waals surface area (Å²) in [5.41, 5.74) is 2.29. The van der Waals surface area contributed by atoms with Crippen molar-refractivity contribution >= 4 is 5.91 Å². The summed E-state index contributed by atoms with van der Waals surface area (Å²) in [4.78, 5) is 16.5. The van der Waals surface area contributed by atoms with Crippen molar-refractivity contribution in [3.63, 3.8) is 0 Å². The van der Waals surface area contributed by atoms with Crippen molar-refractivity contribution in [1.82, 2.24) is 20.8 Å². The van der Waals surface area contributed by atoms with Crippen LogP contribution in [0.2, 0.25) is 0 Å². The highest BCUT2D eigenvalue weighted by atomic mass is 16.5. The van der Waals surface area contributed by atoms with E-state index < -0.39 is 0 Å². The Kier molecular flexibility index (Phi) is 9.35. The molecule has 6 heteroatoms. The maximum absolute atomic E-state index is 12.1. The van der Waals surface area contributed by atoms with Gasteiger partial charge < -0.3 is 15.2 Å². The molecule has 1 saturated heterocycles. The average Bonchev–Trinajstić information content (AvgIpc) is 3.47. The van der Waals surface area contributed by atoms with E-state index in [2.05, 4.69) is 52.0 Å². The fraction of sp³-hybridized carbons (Fsp3) is 0.625. The predicted octanol–water partition coefficient (Wildman–Crippen LogP) is 4.65. The van der Waals surface area contributed by atoms with E-state index >= 15 is 0 Å². The van der Waals surface area contributed by atoms with Gasteiger partial charge in [0.2, 0.25) is 17.6 Å². The molecule has 2 N–H and O–H groups in total. The quantitative estimate of drug-likeness (QED) is 0.468. The van der Waals surface area contributed by atoms with Crippen molar-refractivity contribution in [2.24, 2.45) is 5.92 Å². The molecule has 3 rings (SSSR count). The Bertz CT molecular complexity index is 751. The van der Waals surface area contributed by atoms with E-state index in [-0.39, 0.29) is 18.4 Å². The number of benzene rings is 1. The number of hydrogen-bond acceptors (Lipinski definition) is 5. The molecule has 1 unspecified atom stereocenters. The van der Waals surface area contributed by atoms with E-state index in [0.717, 1.165) is 31.5 Å². The monoisotopic (exact) mass is 412 g/mol. The summed E-state index contributed by atoms with van der Waals surface area (Å²) in [5.74, 6) is 1.10. The van der Waals surface area contributed by atoms with Gasteiger partial charge in [-0.25, -0.2) is 0 Å². The second-order valence-electron chi connectivity index (χ2n) is 8.34. The topological polar surface area (TPSA) is 80.0 Å². The van der Waals surface area contributed by atoms with Crippen LogP contribution in [0.1, 0.15) is 76.2 Å². The van der Waals surface area contributed by atoms with Crippen molar-refractivity contribution in [2.45, 2.75) is 77.7 Å². The standard InChI is InChI=1S/C24H36N4O2/c1-2-3-4-5-6-7-8-9-10-19-11-13-20(14-12-19)23-27-22(30-28-23)18-26-24(29)21-15-16-25-17-21/h11-14,21,25H,2-10,15-18H2,1H3,(H,26,29). The number of unbranched alkanes of at least 4 members (excludes halogenated alkanes) is 7. The van der Waals surface area contributed by atoms with Crippen LogP contribution in [-0.2, 0) is 17.8 Å². The van der Waals surface area contributed by atoms with Crippen molar-refractivity contribution in [3.05, 3.63) is 35.7 Å². The summed E-state index contributed by atoms with van der Waals surface area (Å²) in [6, 6.07) is 8.41. The maximum atomic E-state index is 12.1. The third kappa shape index (κ3) is 7.24. The van der Waals surface area contributed by atoms with E-state index in [0.29, 0.717) is 11.7 Å². The average molecular weight is 413 g/mol. The van der Waals surface area contributed by atoms with Gasteiger partial charge in [-0.1, -0.05) is 81.3 Å². The zero-order chi connectivity index (χ0) is 21.0. The zero-order valence-electron chi connectivity index (χ0n) is 18.3. The lowest BCUT2D eigenvalue weighted by Crippen LogP contribution is -2.31. The van der Waals surface area contributed by atoms with Gasteiger partial charge in [0.1, 0.15) is 0 Å². The number of aryl methyl sites for hydroxylation is 1. The van der Waals surface area contributed by atoms with E-state index in [1.165, 1.54) is 56.9 Å². The minimum absolute atomic E-state index is 0.0426. The molecular weight excluding hydrogens is 376 g/mol. The van der Waals surface area contributed by atoms with Crippen molar-refractivity contribution in [3.8, 4) is 11.4 Å². The van der Waals surface area contributed by atoms with Crippen LogP contribution in [0.5, 0.6) is 0 Å². The van der Waals surface area contributed by atoms with Gasteiger partial charge in [0.05, 0.1) is 12.5 Å². The van der Waals surface area contributed by atoms with Crippen LogP contribution in [0.3, 0.4) is 0 Å². The number of amides is 1. The fourth-order valence-corrected chi connectivity index (χ4v) is 3.91. The second kappa shape index (κ2) is 12.5. The summed E-state index contributed by atoms with van der Waals surface area (Å²) in [7, 11) is 0. The number of nitrogens with one attached hydrogen (secondary N) is 2. The lowest BCUT2D eigenvalue weighted by atomic mass is 10.0. The molecule has 1 aromatic carbocycles. The molecule has 1 fully saturated rings. The van der Waals surface area contributed by atoms with Crippen LogP contribution >= 0.6 is 0 Å². The third-order valence-corrected chi connectivity index (χ3v) is 5.84. The molecule has 1 aliphatic rings. The number of carbonyl (C=O) groups is 1. The minimum Gasteiger partial charge on any atom is -0.347 e. The molecular formula is C24H36N4O2. The highest BCUT2D eigenvalue weighted by molar-refractivity contribution is 5.79. The molecule has 0 spiro atoms. The molecule has 1 atom stereocenters. The maximum Gasteiger partial charge on any atom is 0.246 e. The van der Waals surface area contributed by atoms with Gasteiger partial charge in [-0.15, -0.1) is 0 Å². The van der Waals surface area contributed by atoms with Crippen LogP contribution in [0.4, 0.5) is 0 Å². The van der Waals surface area contributed by atoms with E-state index in [9.17, 15) is 4.79 Å². The number of rotatable bonds is 13. The van der Waals surface area contributed by atoms with E-state index in [1.54, 1.807) is 0 Å². The number of hydrogen-bond donors (Lipinski definition) is 2. The Morgan fingerprint density at radius 2 is 1.83 bits per heavy atom. The molecule has 30 heavy (non-hydrogen) atoms. The molecule has 1 amide bonds. The molecule has 2 heterocycles. The number of nitrogens with zero attached hydrogens (tertiary/aromatic N) is 2. The first-order valence-corrected chi connectivity index (χ1v) is 11.7. The minimum atomic E-state index is 0.0426. The van der Waals surface area contributed by atoms with Crippen LogP contribution in [0.25, 0.3) is 11.4 Å². The summed E-state index contributed by atoms with van der Waals surface area (Å²) in [6.07, 6.45) is 12.7. The summed E-state index contributed by atoms with van der Waals surface area (Å²) < 4.78 is 5.30. The predicted molar refractivity (Wildman–Crippen MR) is 119 cm³/mol. The molecule has 164 valence electrons. The van der Waals surface area contributed by atoms with Gasteiger partial charge in [-0.05, 0) is 31.4 Å². The first-order chi connectivity index (χ1) is 14.8. The zero-order valence-corrected chi connectivity index (χ0v) is 18.3. The summed E-state index contributed by atoms with van der Waals surface area (Å²) in [5, 5.41) is 10.1. The van der Waals surface area contributed by atoms with Gasteiger partial charge in [0.15, 0.2) is 0 Å². The Hall–Kier alpha value is -2.21. The Labute approximate surface area is 180 Å². The highest BCUT2D eigenvalue weighted by Gasteiger charge is 2.22. The second-order valence-corrected chi connectivity index (χ2v) is 8.34. The SMILES string of the molecule is CCCCCCCCCCc1ccc(-c2noc(CNC(=O)C3CCNC3)n2)cc1. The number of carbonyl (C=O) groups excluding carboxylic acids is 1. The molecule has 0 saturated carbocycles. The molecule has 0 bridgehead atoms. The molecule has 2 aromatic rings. The Morgan fingerprint density at radius 3 is 2.53 bits per heavy atom. The van der Waals surface area contributed by atoms with E-state index in [4.69, 9.17) is 4.52 Å². The molecule has 6 nitrogen and oxygen atoms in total. The van der Waals surface area contributed by atoms with Gasteiger partial charge in [-0.2, -0.15) is 4.98 Å². The Balaban J connectivity index is 1.37. The number of aromatic nitrogens is 2. The van der Waals surface area contributed by atoms with Crippen molar-refractivity contribution in [2.75, 3.05) is 13.1 Å². The van der Waals surface area contributed by atoms with Crippen LogP contribution in [-0.4, -0.2) is 29.1 Å². The largest absolute Gasteiger partial charge is 0.347 e. The van der Waals surface area contributed by atoms with Gasteiger partial charge in [0, 0.05) is 12.1 Å². The van der Waals surface area contributed by atoms with E-state index in [1.807, 2.05) is 0 Å². The van der Waals surface area contributed by atoms with Crippen LogP contribution in [0.15, 0.2) is 28.8 Å². The summed E-state index contributed by atoms with van der Waals surface area (Å²) >= 11 is 0. The lowest BCUT2D eigenvalue weighted by molar-refractivity contribution is -0.124.